The van der Waals surface area contributed by atoms with Crippen LogP contribution in [0.2, 0.25) is 0 Å². The summed E-state index contributed by atoms with van der Waals surface area (Å²) >= 11 is 0. The molecule has 15 heteroatoms. The molecule has 1 aliphatic rings. The largest absolute Gasteiger partial charge is 0.481 e. The van der Waals surface area contributed by atoms with Gasteiger partial charge < -0.3 is 47.1 Å². The number of hydrogen-bond acceptors (Lipinski definition) is 12. The molecular weight excluding hydrogens is 494 g/mol. The zero-order valence-electron chi connectivity index (χ0n) is 19.5. The van der Waals surface area contributed by atoms with Crippen LogP contribution in [0.15, 0.2) is 47.4 Å². The Hall–Kier alpha value is -3.89. The monoisotopic (exact) mass is 523 g/mol. The molecule has 0 saturated carbocycles. The van der Waals surface area contributed by atoms with Crippen molar-refractivity contribution in [1.29, 1.82) is 0 Å². The van der Waals surface area contributed by atoms with Gasteiger partial charge in [-0.1, -0.05) is 30.3 Å². The number of nitrogens with two attached hydrogens (primary N) is 3. The summed E-state index contributed by atoms with van der Waals surface area (Å²) in [6, 6.07) is 8.41. The van der Waals surface area contributed by atoms with Crippen LogP contribution in [0.25, 0.3) is 0 Å². The smallest absolute Gasteiger partial charge is 0.351 e. The number of carbonyl (C=O) groups excluding carboxylic acids is 1. The van der Waals surface area contributed by atoms with E-state index in [4.69, 9.17) is 36.9 Å². The van der Waals surface area contributed by atoms with Gasteiger partial charge in [-0.05, 0) is 18.1 Å². The third-order valence-corrected chi connectivity index (χ3v) is 5.17. The highest BCUT2D eigenvalue weighted by atomic mass is 16.6. The molecule has 1 fully saturated rings. The van der Waals surface area contributed by atoms with Crippen LogP contribution in [0.3, 0.4) is 0 Å². The first kappa shape index (κ1) is 29.3. The predicted molar refractivity (Wildman–Crippen MR) is 126 cm³/mol. The van der Waals surface area contributed by atoms with Crippen molar-refractivity contribution in [3.8, 4) is 0 Å². The molecule has 15 nitrogen and oxygen atoms in total. The molecule has 3 rings (SSSR count). The average Bonchev–Trinajstić information content (AvgIpc) is 3.11. The van der Waals surface area contributed by atoms with Crippen LogP contribution in [0, 0.1) is 0 Å². The number of aliphatic hydroxyl groups excluding tert-OH is 2. The molecule has 2 aromatic rings. The second-order valence-corrected chi connectivity index (χ2v) is 8.06. The molecule has 0 amide bonds. The van der Waals surface area contributed by atoms with Gasteiger partial charge in [0.1, 0.15) is 42.8 Å². The lowest BCUT2D eigenvalue weighted by Gasteiger charge is -2.17. The minimum atomic E-state index is -1.41. The molecule has 1 aliphatic heterocycles. The van der Waals surface area contributed by atoms with Crippen molar-refractivity contribution in [3.05, 3.63) is 58.6 Å². The summed E-state index contributed by atoms with van der Waals surface area (Å²) in [5.74, 6) is -3.14. The lowest BCUT2D eigenvalue weighted by atomic mass is 10.1. The van der Waals surface area contributed by atoms with Crippen LogP contribution in [-0.2, 0) is 30.3 Å². The highest BCUT2D eigenvalue weighted by Gasteiger charge is 2.44. The summed E-state index contributed by atoms with van der Waals surface area (Å²) in [6.07, 6.45) is -3.93. The SMILES string of the molecule is N[C@@H](CC(=O)O)C(=O)O.Nc1ccn([C@@H]2O[C@H](COC(=O)[C@H](N)Cc3ccccc3)[C@@H](O)[C@@H]2O)c(=O)n1. The number of rotatable bonds is 9. The van der Waals surface area contributed by atoms with Gasteiger partial charge >= 0.3 is 23.6 Å². The summed E-state index contributed by atoms with van der Waals surface area (Å²) < 4.78 is 11.6. The quantitative estimate of drug-likeness (QED) is 0.167. The number of esters is 1. The summed E-state index contributed by atoms with van der Waals surface area (Å²) in [6.45, 7) is -0.326. The van der Waals surface area contributed by atoms with E-state index in [0.29, 0.717) is 6.42 Å². The topological polar surface area (TPSA) is 264 Å². The molecule has 0 spiro atoms. The lowest BCUT2D eigenvalue weighted by molar-refractivity contribution is -0.151. The Morgan fingerprint density at radius 1 is 1.05 bits per heavy atom. The van der Waals surface area contributed by atoms with E-state index in [9.17, 15) is 29.4 Å². The molecule has 1 aromatic heterocycles. The molecule has 10 N–H and O–H groups in total. The van der Waals surface area contributed by atoms with Gasteiger partial charge in [0.15, 0.2) is 6.23 Å². The third-order valence-electron chi connectivity index (χ3n) is 5.17. The van der Waals surface area contributed by atoms with Crippen LogP contribution >= 0.6 is 0 Å². The minimum absolute atomic E-state index is 0.0205. The Balaban J connectivity index is 0.000000458. The van der Waals surface area contributed by atoms with Crippen molar-refractivity contribution < 1.29 is 44.3 Å². The molecule has 0 unspecified atom stereocenters. The van der Waals surface area contributed by atoms with Crippen LogP contribution in [0.1, 0.15) is 18.2 Å². The predicted octanol–water partition coefficient (Wildman–Crippen LogP) is -2.57. The van der Waals surface area contributed by atoms with E-state index in [-0.39, 0.29) is 12.4 Å². The molecule has 6 atom stereocenters. The van der Waals surface area contributed by atoms with Crippen molar-refractivity contribution in [2.24, 2.45) is 11.5 Å². The van der Waals surface area contributed by atoms with Gasteiger partial charge in [-0.2, -0.15) is 4.98 Å². The van der Waals surface area contributed by atoms with Gasteiger partial charge in [0, 0.05) is 6.20 Å². The fourth-order valence-electron chi connectivity index (χ4n) is 3.21. The minimum Gasteiger partial charge on any atom is -0.481 e. The van der Waals surface area contributed by atoms with Crippen molar-refractivity contribution in [2.75, 3.05) is 12.3 Å². The molecule has 2 heterocycles. The Kier molecular flexibility index (Phi) is 10.6. The van der Waals surface area contributed by atoms with Gasteiger partial charge in [0.25, 0.3) is 0 Å². The normalized spacial score (nSPS) is 22.3. The van der Waals surface area contributed by atoms with Gasteiger partial charge in [-0.25, -0.2) is 4.79 Å². The molecule has 0 bridgehead atoms. The number of carbonyl (C=O) groups is 3. The van der Waals surface area contributed by atoms with Crippen molar-refractivity contribution in [1.82, 2.24) is 9.55 Å². The second kappa shape index (κ2) is 13.4. The van der Waals surface area contributed by atoms with E-state index < -0.39 is 66.6 Å². The number of ether oxygens (including phenoxy) is 2. The van der Waals surface area contributed by atoms with E-state index in [1.54, 1.807) is 0 Å². The fraction of sp³-hybridized carbons (Fsp3) is 0.409. The molecule has 0 radical (unpaired) electrons. The maximum atomic E-state index is 12.1. The van der Waals surface area contributed by atoms with E-state index in [2.05, 4.69) is 4.98 Å². The van der Waals surface area contributed by atoms with Gasteiger partial charge in [0.2, 0.25) is 0 Å². The molecule has 0 aliphatic carbocycles. The average molecular weight is 523 g/mol. The summed E-state index contributed by atoms with van der Waals surface area (Å²) in [7, 11) is 0. The van der Waals surface area contributed by atoms with E-state index >= 15 is 0 Å². The Bertz CT molecular complexity index is 1130. The number of carboxylic acid groups (broad SMARTS) is 2. The maximum absolute atomic E-state index is 12.1. The van der Waals surface area contributed by atoms with Gasteiger partial charge in [-0.15, -0.1) is 0 Å². The Morgan fingerprint density at radius 3 is 2.24 bits per heavy atom. The zero-order valence-corrected chi connectivity index (χ0v) is 19.5. The summed E-state index contributed by atoms with van der Waals surface area (Å²) in [4.78, 5) is 47.2. The van der Waals surface area contributed by atoms with Crippen molar-refractivity contribution in [3.63, 3.8) is 0 Å². The van der Waals surface area contributed by atoms with E-state index in [1.807, 2.05) is 30.3 Å². The standard InChI is InChI=1S/C18H22N4O6.C4H7NO4/c19-11(8-10-4-2-1-3-5-10)17(25)27-9-12-14(23)15(24)16(28-12)22-7-6-13(20)21-18(22)26;5-2(4(8)9)1-3(6)7/h1-7,11-12,14-16,23-24H,8-9,19H2,(H2,20,21,26);2H,1,5H2,(H,6,7)(H,8,9)/t11-,12-,14-,15+,16-;2-/m10/s1. The van der Waals surface area contributed by atoms with Crippen LogP contribution in [-0.4, -0.2) is 84.9 Å². The van der Waals surface area contributed by atoms with Crippen LogP contribution in [0.5, 0.6) is 0 Å². The number of nitrogen functional groups attached to an aromatic ring is 1. The Morgan fingerprint density at radius 2 is 1.70 bits per heavy atom. The molecule has 1 saturated heterocycles. The van der Waals surface area contributed by atoms with E-state index in [1.165, 1.54) is 12.3 Å². The van der Waals surface area contributed by atoms with Crippen molar-refractivity contribution >= 4 is 23.7 Å². The highest BCUT2D eigenvalue weighted by Crippen LogP contribution is 2.28. The maximum Gasteiger partial charge on any atom is 0.351 e. The van der Waals surface area contributed by atoms with Crippen LogP contribution in [0.4, 0.5) is 5.82 Å². The molecule has 1 aromatic carbocycles. The van der Waals surface area contributed by atoms with Crippen LogP contribution < -0.4 is 22.9 Å². The number of hydrogen-bond donors (Lipinski definition) is 7. The van der Waals surface area contributed by atoms with Gasteiger partial charge in [-0.3, -0.25) is 19.0 Å². The number of carboxylic acids is 2. The molecule has 202 valence electrons. The first-order valence-electron chi connectivity index (χ1n) is 10.9. The number of aliphatic hydroxyl groups is 2. The number of aliphatic carboxylic acids is 2. The second-order valence-electron chi connectivity index (χ2n) is 8.06. The number of aromatic nitrogens is 2. The fourth-order valence-corrected chi connectivity index (χ4v) is 3.21. The lowest BCUT2D eigenvalue weighted by Crippen LogP contribution is -2.39. The number of anilines is 1. The van der Waals surface area contributed by atoms with E-state index in [0.717, 1.165) is 10.1 Å². The number of benzene rings is 1. The molecular formula is C22H29N5O10. The summed E-state index contributed by atoms with van der Waals surface area (Å²) in [5.41, 5.74) is 16.3. The first-order chi connectivity index (χ1) is 17.4. The highest BCUT2D eigenvalue weighted by molar-refractivity contribution is 5.80. The zero-order chi connectivity index (χ0) is 27.7. The molecule has 37 heavy (non-hydrogen) atoms. The Labute approximate surface area is 210 Å². The third kappa shape index (κ3) is 8.62. The number of nitrogens with zero attached hydrogens (tertiary/aromatic N) is 2. The van der Waals surface area contributed by atoms with Crippen molar-refractivity contribution in [2.45, 2.75) is 49.5 Å². The summed E-state index contributed by atoms with van der Waals surface area (Å²) in [5, 5.41) is 36.4. The van der Waals surface area contributed by atoms with Gasteiger partial charge in [0.05, 0.1) is 6.42 Å². The first-order valence-corrected chi connectivity index (χ1v) is 10.9.